The number of halogens is 3. The maximum absolute atomic E-state index is 13.0. The van der Waals surface area contributed by atoms with Crippen LogP contribution in [0.25, 0.3) is 0 Å². The van der Waals surface area contributed by atoms with Crippen molar-refractivity contribution in [2.45, 2.75) is 59.3 Å². The largest absolute Gasteiger partial charge is 0.416 e. The van der Waals surface area contributed by atoms with Gasteiger partial charge in [-0.1, -0.05) is 45.9 Å². The van der Waals surface area contributed by atoms with E-state index in [4.69, 9.17) is 0 Å². The third-order valence-corrected chi connectivity index (χ3v) is 6.66. The van der Waals surface area contributed by atoms with E-state index in [0.717, 1.165) is 32.0 Å². The first-order chi connectivity index (χ1) is 13.6. The van der Waals surface area contributed by atoms with Gasteiger partial charge in [-0.25, -0.2) is 0 Å². The van der Waals surface area contributed by atoms with Gasteiger partial charge in [0, 0.05) is 31.6 Å². The molecule has 3 unspecified atom stereocenters. The molecule has 0 spiro atoms. The van der Waals surface area contributed by atoms with Crippen LogP contribution in [0.5, 0.6) is 0 Å². The molecule has 0 aromatic heterocycles. The number of nitrogens with zero attached hydrogens (tertiary/aromatic N) is 1. The monoisotopic (exact) mass is 410 g/mol. The summed E-state index contributed by atoms with van der Waals surface area (Å²) >= 11 is 0. The van der Waals surface area contributed by atoms with Crippen LogP contribution in [-0.2, 0) is 17.5 Å². The summed E-state index contributed by atoms with van der Waals surface area (Å²) in [5.41, 5.74) is 0.105. The summed E-state index contributed by atoms with van der Waals surface area (Å²) in [5.74, 6) is 1.67. The number of carbonyl (C=O) groups excluding carboxylic acids is 1. The molecule has 162 valence electrons. The van der Waals surface area contributed by atoms with Crippen molar-refractivity contribution in [3.63, 3.8) is 0 Å². The van der Waals surface area contributed by atoms with Gasteiger partial charge < -0.3 is 5.32 Å². The van der Waals surface area contributed by atoms with Crippen molar-refractivity contribution in [3.8, 4) is 0 Å². The van der Waals surface area contributed by atoms with E-state index < -0.39 is 11.7 Å². The van der Waals surface area contributed by atoms with Crippen LogP contribution in [-0.4, -0.2) is 29.9 Å². The molecule has 1 aromatic rings. The fraction of sp³-hybridized carbons (Fsp3) is 0.696. The molecule has 3 nitrogen and oxygen atoms in total. The third kappa shape index (κ3) is 5.14. The van der Waals surface area contributed by atoms with Gasteiger partial charge in [-0.05, 0) is 48.1 Å². The number of alkyl halides is 3. The Morgan fingerprint density at radius 1 is 1.14 bits per heavy atom. The molecule has 1 N–H and O–H groups in total. The summed E-state index contributed by atoms with van der Waals surface area (Å²) in [6.45, 7) is 10.6. The normalized spacial score (nSPS) is 25.2. The second-order valence-electron chi connectivity index (χ2n) is 9.52. The molecule has 29 heavy (non-hydrogen) atoms. The topological polar surface area (TPSA) is 32.3 Å². The van der Waals surface area contributed by atoms with Crippen molar-refractivity contribution >= 4 is 5.91 Å². The van der Waals surface area contributed by atoms with Gasteiger partial charge in [0.2, 0.25) is 5.91 Å². The molecule has 0 radical (unpaired) electrons. The van der Waals surface area contributed by atoms with Crippen LogP contribution in [0.4, 0.5) is 13.2 Å². The lowest BCUT2D eigenvalue weighted by molar-refractivity contribution is -0.137. The van der Waals surface area contributed by atoms with Crippen LogP contribution in [0.3, 0.4) is 0 Å². The van der Waals surface area contributed by atoms with Crippen LogP contribution in [0.15, 0.2) is 24.3 Å². The number of fused-ring (bicyclic) bond motifs is 1. The molecule has 6 heteroatoms. The number of hydrogen-bond acceptors (Lipinski definition) is 2. The minimum atomic E-state index is -4.31. The van der Waals surface area contributed by atoms with E-state index in [1.165, 1.54) is 12.1 Å². The molecular weight excluding hydrogens is 377 g/mol. The molecule has 3 atom stereocenters. The van der Waals surface area contributed by atoms with Crippen LogP contribution in [0, 0.1) is 29.6 Å². The van der Waals surface area contributed by atoms with Crippen molar-refractivity contribution in [3.05, 3.63) is 35.4 Å². The van der Waals surface area contributed by atoms with E-state index in [1.54, 1.807) is 6.07 Å². The first-order valence-electron chi connectivity index (χ1n) is 10.7. The molecule has 1 saturated heterocycles. The Hall–Kier alpha value is -1.56. The van der Waals surface area contributed by atoms with E-state index in [-0.39, 0.29) is 17.9 Å². The van der Waals surface area contributed by atoms with Gasteiger partial charge >= 0.3 is 6.18 Å². The highest BCUT2D eigenvalue weighted by atomic mass is 19.4. The molecule has 1 heterocycles. The number of hydrogen-bond donors (Lipinski definition) is 1. The highest BCUT2D eigenvalue weighted by Gasteiger charge is 2.43. The van der Waals surface area contributed by atoms with Gasteiger partial charge in [0.05, 0.1) is 5.56 Å². The molecular formula is C23H33F3N2O. The van der Waals surface area contributed by atoms with Crippen molar-refractivity contribution in [2.75, 3.05) is 13.1 Å². The van der Waals surface area contributed by atoms with Crippen LogP contribution in [0.1, 0.15) is 51.7 Å². The average Bonchev–Trinajstić information content (AvgIpc) is 3.15. The summed E-state index contributed by atoms with van der Waals surface area (Å²) in [6.07, 6.45) is -2.24. The molecule has 2 aliphatic rings. The van der Waals surface area contributed by atoms with Gasteiger partial charge in [0.1, 0.15) is 0 Å². The number of likely N-dealkylation sites (tertiary alicyclic amines) is 1. The zero-order valence-corrected chi connectivity index (χ0v) is 17.8. The molecule has 2 fully saturated rings. The summed E-state index contributed by atoms with van der Waals surface area (Å²) in [4.78, 5) is 15.1. The van der Waals surface area contributed by atoms with E-state index in [9.17, 15) is 18.0 Å². The number of amides is 1. The predicted octanol–water partition coefficient (Wildman–Crippen LogP) is 4.96. The third-order valence-electron chi connectivity index (χ3n) is 6.66. The quantitative estimate of drug-likeness (QED) is 0.719. The van der Waals surface area contributed by atoms with Gasteiger partial charge in [-0.15, -0.1) is 0 Å². The molecule has 1 aromatic carbocycles. The van der Waals surface area contributed by atoms with Crippen molar-refractivity contribution in [1.82, 2.24) is 10.2 Å². The predicted molar refractivity (Wildman–Crippen MR) is 108 cm³/mol. The average molecular weight is 411 g/mol. The SMILES string of the molecule is CC(C)C(C(=O)NC1CCC2CN(Cc3cccc(C(F)(F)F)c3)CC21)C(C)C. The summed E-state index contributed by atoms with van der Waals surface area (Å²) in [5, 5.41) is 3.31. The second-order valence-corrected chi connectivity index (χ2v) is 9.52. The van der Waals surface area contributed by atoms with E-state index in [0.29, 0.717) is 35.8 Å². The lowest BCUT2D eigenvalue weighted by Crippen LogP contribution is -2.45. The first kappa shape index (κ1) is 22.1. The van der Waals surface area contributed by atoms with Crippen molar-refractivity contribution < 1.29 is 18.0 Å². The van der Waals surface area contributed by atoms with Gasteiger partial charge in [0.25, 0.3) is 0 Å². The number of carbonyl (C=O) groups is 1. The van der Waals surface area contributed by atoms with Gasteiger partial charge in [-0.2, -0.15) is 13.2 Å². The van der Waals surface area contributed by atoms with Crippen LogP contribution < -0.4 is 5.32 Å². The van der Waals surface area contributed by atoms with Gasteiger partial charge in [0.15, 0.2) is 0 Å². The fourth-order valence-electron chi connectivity index (χ4n) is 5.42. The Morgan fingerprint density at radius 3 is 2.45 bits per heavy atom. The minimum absolute atomic E-state index is 0.0108. The van der Waals surface area contributed by atoms with E-state index >= 15 is 0 Å². The van der Waals surface area contributed by atoms with Crippen molar-refractivity contribution in [1.29, 1.82) is 0 Å². The van der Waals surface area contributed by atoms with Crippen molar-refractivity contribution in [2.24, 2.45) is 29.6 Å². The standard InChI is InChI=1S/C23H33F3N2O/c1-14(2)21(15(3)4)22(29)27-20-9-8-17-12-28(13-19(17)20)11-16-6-5-7-18(10-16)23(24,25)26/h5-7,10,14-15,17,19-21H,8-9,11-13H2,1-4H3,(H,27,29). The van der Waals surface area contributed by atoms with Crippen LogP contribution in [0.2, 0.25) is 0 Å². The molecule has 0 bridgehead atoms. The lowest BCUT2D eigenvalue weighted by atomic mass is 9.84. The Kier molecular flexibility index (Phi) is 6.61. The summed E-state index contributed by atoms with van der Waals surface area (Å²) in [6, 6.07) is 5.80. The molecule has 1 amide bonds. The van der Waals surface area contributed by atoms with Crippen LogP contribution >= 0.6 is 0 Å². The molecule has 1 aliphatic carbocycles. The smallest absolute Gasteiger partial charge is 0.353 e. The maximum atomic E-state index is 13.0. The Bertz CT molecular complexity index is 708. The number of nitrogens with one attached hydrogen (secondary N) is 1. The molecule has 1 aliphatic heterocycles. The highest BCUT2D eigenvalue weighted by Crippen LogP contribution is 2.39. The van der Waals surface area contributed by atoms with E-state index in [2.05, 4.69) is 37.9 Å². The number of rotatable bonds is 6. The Labute approximate surface area is 172 Å². The van der Waals surface area contributed by atoms with E-state index in [1.807, 2.05) is 0 Å². The Balaban J connectivity index is 1.61. The number of benzene rings is 1. The fourth-order valence-corrected chi connectivity index (χ4v) is 5.42. The summed E-state index contributed by atoms with van der Waals surface area (Å²) in [7, 11) is 0. The Morgan fingerprint density at radius 2 is 1.83 bits per heavy atom. The lowest BCUT2D eigenvalue weighted by Gasteiger charge is -2.28. The maximum Gasteiger partial charge on any atom is 0.416 e. The van der Waals surface area contributed by atoms with Gasteiger partial charge in [-0.3, -0.25) is 9.69 Å². The molecule has 3 rings (SSSR count). The zero-order chi connectivity index (χ0) is 21.3. The first-order valence-corrected chi connectivity index (χ1v) is 10.7. The second kappa shape index (κ2) is 8.66. The molecule has 1 saturated carbocycles. The summed E-state index contributed by atoms with van der Waals surface area (Å²) < 4.78 is 38.9. The zero-order valence-electron chi connectivity index (χ0n) is 17.8. The highest BCUT2D eigenvalue weighted by molar-refractivity contribution is 5.79. The minimum Gasteiger partial charge on any atom is -0.353 e.